The van der Waals surface area contributed by atoms with Crippen LogP contribution in [0.4, 0.5) is 0 Å². The van der Waals surface area contributed by atoms with E-state index in [0.717, 1.165) is 11.1 Å². The summed E-state index contributed by atoms with van der Waals surface area (Å²) in [5, 5.41) is 12.8. The minimum Gasteiger partial charge on any atom is -0.467 e. The lowest BCUT2D eigenvalue weighted by atomic mass is 9.68. The lowest BCUT2D eigenvalue weighted by molar-refractivity contribution is -0.311. The van der Waals surface area contributed by atoms with Gasteiger partial charge in [0.2, 0.25) is 0 Å². The summed E-state index contributed by atoms with van der Waals surface area (Å²) in [5.41, 5.74) is -0.169. The number of hydrogen-bond donors (Lipinski definition) is 1. The number of aliphatic hydroxyl groups excluding tert-OH is 1. The number of carbonyl (C=O) groups excluding carboxylic acids is 3. The van der Waals surface area contributed by atoms with Crippen LogP contribution in [0.2, 0.25) is 0 Å². The normalized spacial score (nSPS) is 30.8. The molecule has 6 unspecified atom stereocenters. The predicted octanol–water partition coefficient (Wildman–Crippen LogP) is 5.02. The van der Waals surface area contributed by atoms with Gasteiger partial charge in [0.25, 0.3) is 0 Å². The Morgan fingerprint density at radius 3 is 2.08 bits per heavy atom. The summed E-state index contributed by atoms with van der Waals surface area (Å²) in [7, 11) is 2.74. The Labute approximate surface area is 307 Å². The minimum atomic E-state index is -2.03. The molecular formula is C40H56O12. The average Bonchev–Trinajstić information content (AvgIpc) is 3.14. The Bertz CT molecular complexity index is 1420. The molecule has 0 aliphatic carbocycles. The SMILES string of the molecule is CCC(OC(C)=O)C(C)C1O[C@](C(=O)OC)(C(O)[C@@H]2C(C)[C@H](OC)OC(COCc3ccccc3)[C@@H]2OCc2ccccc2)C[C@@H](OC(C)=O)[C@H]1C. The van der Waals surface area contributed by atoms with E-state index in [9.17, 15) is 19.5 Å². The van der Waals surface area contributed by atoms with Crippen molar-refractivity contribution in [2.24, 2.45) is 23.7 Å². The van der Waals surface area contributed by atoms with Crippen LogP contribution in [0.5, 0.6) is 0 Å². The van der Waals surface area contributed by atoms with Crippen molar-refractivity contribution in [3.8, 4) is 0 Å². The van der Waals surface area contributed by atoms with E-state index in [-0.39, 0.29) is 19.6 Å². The summed E-state index contributed by atoms with van der Waals surface area (Å²) >= 11 is 0. The van der Waals surface area contributed by atoms with Gasteiger partial charge in [-0.05, 0) is 17.5 Å². The van der Waals surface area contributed by atoms with E-state index < -0.39 is 90.1 Å². The van der Waals surface area contributed by atoms with Gasteiger partial charge >= 0.3 is 17.9 Å². The molecule has 0 aromatic heterocycles. The van der Waals surface area contributed by atoms with E-state index >= 15 is 0 Å². The van der Waals surface area contributed by atoms with Crippen molar-refractivity contribution in [1.29, 1.82) is 0 Å². The standard InChI is InChI=1S/C40H56O12/c1-9-31(49-27(5)41)24(2)35-25(3)32(50-28(6)42)20-40(52-35,39(44)46-8)37(43)34-26(4)38(45-7)51-33(23-47-21-29-16-12-10-13-17-29)36(34)48-22-30-18-14-11-15-19-30/h10-19,24-26,31-38,43H,9,20-23H2,1-8H3/t24?,25-,26?,31?,32-,33?,34-,35?,36+,37?,38-,40+/m1/s1. The van der Waals surface area contributed by atoms with Gasteiger partial charge in [0.15, 0.2) is 11.9 Å². The summed E-state index contributed by atoms with van der Waals surface area (Å²) in [6, 6.07) is 19.3. The topological polar surface area (TPSA) is 145 Å². The van der Waals surface area contributed by atoms with Crippen LogP contribution in [0.1, 0.15) is 65.5 Å². The molecule has 2 fully saturated rings. The highest BCUT2D eigenvalue weighted by atomic mass is 16.7. The summed E-state index contributed by atoms with van der Waals surface area (Å²) in [6.07, 6.45) is -5.94. The van der Waals surface area contributed by atoms with Gasteiger partial charge in [0.1, 0.15) is 18.3 Å². The van der Waals surface area contributed by atoms with Gasteiger partial charge in [0.05, 0.1) is 45.2 Å². The molecule has 2 heterocycles. The molecule has 0 radical (unpaired) electrons. The van der Waals surface area contributed by atoms with Gasteiger partial charge in [-0.3, -0.25) is 9.59 Å². The Hall–Kier alpha value is -3.39. The molecule has 2 aliphatic rings. The van der Waals surface area contributed by atoms with Gasteiger partial charge in [-0.2, -0.15) is 0 Å². The molecule has 4 rings (SSSR count). The van der Waals surface area contributed by atoms with Crippen molar-refractivity contribution >= 4 is 17.9 Å². The average molecular weight is 729 g/mol. The molecule has 0 spiro atoms. The summed E-state index contributed by atoms with van der Waals surface area (Å²) in [6.45, 7) is 10.6. The molecule has 0 bridgehead atoms. The molecule has 12 heteroatoms. The van der Waals surface area contributed by atoms with E-state index in [0.29, 0.717) is 13.0 Å². The number of aliphatic hydroxyl groups is 1. The fourth-order valence-electron chi connectivity index (χ4n) is 7.78. The van der Waals surface area contributed by atoms with Gasteiger partial charge in [0, 0.05) is 51.0 Å². The molecule has 0 amide bonds. The van der Waals surface area contributed by atoms with Gasteiger partial charge in [-0.25, -0.2) is 4.79 Å². The number of hydrogen-bond acceptors (Lipinski definition) is 12. The van der Waals surface area contributed by atoms with Crippen molar-refractivity contribution < 1.29 is 57.4 Å². The second-order valence-electron chi connectivity index (χ2n) is 14.0. The number of ether oxygens (including phenoxy) is 8. The Morgan fingerprint density at radius 1 is 0.923 bits per heavy atom. The molecule has 1 N–H and O–H groups in total. The number of esters is 3. The zero-order valence-corrected chi connectivity index (χ0v) is 31.6. The van der Waals surface area contributed by atoms with E-state index in [4.69, 9.17) is 37.9 Å². The molecule has 2 aromatic rings. The van der Waals surface area contributed by atoms with E-state index in [1.54, 1.807) is 0 Å². The third-order valence-electron chi connectivity index (χ3n) is 10.5. The molecule has 288 valence electrons. The largest absolute Gasteiger partial charge is 0.467 e. The van der Waals surface area contributed by atoms with Crippen LogP contribution in [0, 0.1) is 23.7 Å². The first-order valence-electron chi connectivity index (χ1n) is 18.1. The lowest BCUT2D eigenvalue weighted by Gasteiger charge is -2.54. The predicted molar refractivity (Wildman–Crippen MR) is 189 cm³/mol. The minimum absolute atomic E-state index is 0.0869. The quantitative estimate of drug-likeness (QED) is 0.183. The molecule has 12 atom stereocenters. The molecular weight excluding hydrogens is 672 g/mol. The van der Waals surface area contributed by atoms with Crippen molar-refractivity contribution in [2.45, 2.75) is 116 Å². The van der Waals surface area contributed by atoms with Crippen LogP contribution in [-0.2, 0) is 65.5 Å². The van der Waals surface area contributed by atoms with Gasteiger partial charge < -0.3 is 43.0 Å². The van der Waals surface area contributed by atoms with Crippen molar-refractivity contribution in [3.63, 3.8) is 0 Å². The van der Waals surface area contributed by atoms with Crippen molar-refractivity contribution in [3.05, 3.63) is 71.8 Å². The number of methoxy groups -OCH3 is 2. The van der Waals surface area contributed by atoms with Gasteiger partial charge in [-0.15, -0.1) is 0 Å². The zero-order valence-electron chi connectivity index (χ0n) is 31.6. The number of rotatable bonds is 16. The van der Waals surface area contributed by atoms with Crippen LogP contribution in [0.15, 0.2) is 60.7 Å². The molecule has 2 aromatic carbocycles. The van der Waals surface area contributed by atoms with Crippen LogP contribution >= 0.6 is 0 Å². The number of carbonyl (C=O) groups is 3. The monoisotopic (exact) mass is 728 g/mol. The first kappa shape index (κ1) is 41.4. The molecule has 2 saturated heterocycles. The molecule has 52 heavy (non-hydrogen) atoms. The van der Waals surface area contributed by atoms with Gasteiger partial charge in [-0.1, -0.05) is 88.4 Å². The van der Waals surface area contributed by atoms with E-state index in [1.807, 2.05) is 88.4 Å². The highest BCUT2D eigenvalue weighted by Crippen LogP contribution is 2.47. The Kier molecular flexibility index (Phi) is 15.2. The summed E-state index contributed by atoms with van der Waals surface area (Å²) < 4.78 is 48.8. The van der Waals surface area contributed by atoms with Crippen molar-refractivity contribution in [2.75, 3.05) is 20.8 Å². The fraction of sp³-hybridized carbons (Fsp3) is 0.625. The van der Waals surface area contributed by atoms with Crippen LogP contribution in [0.3, 0.4) is 0 Å². The van der Waals surface area contributed by atoms with Crippen LogP contribution < -0.4 is 0 Å². The first-order valence-corrected chi connectivity index (χ1v) is 18.1. The number of benzene rings is 2. The maximum absolute atomic E-state index is 14.2. The fourth-order valence-corrected chi connectivity index (χ4v) is 7.78. The Morgan fingerprint density at radius 2 is 1.54 bits per heavy atom. The zero-order chi connectivity index (χ0) is 38.0. The Balaban J connectivity index is 1.79. The lowest BCUT2D eigenvalue weighted by Crippen LogP contribution is -2.69. The second kappa shape index (κ2) is 19.1. The third kappa shape index (κ3) is 9.77. The first-order chi connectivity index (χ1) is 24.9. The highest BCUT2D eigenvalue weighted by Gasteiger charge is 2.63. The van der Waals surface area contributed by atoms with Crippen LogP contribution in [-0.4, -0.2) is 92.4 Å². The second-order valence-corrected chi connectivity index (χ2v) is 14.0. The summed E-state index contributed by atoms with van der Waals surface area (Å²) in [4.78, 5) is 38.7. The van der Waals surface area contributed by atoms with E-state index in [2.05, 4.69) is 0 Å². The molecule has 12 nitrogen and oxygen atoms in total. The maximum Gasteiger partial charge on any atom is 0.341 e. The highest BCUT2D eigenvalue weighted by molar-refractivity contribution is 5.81. The maximum atomic E-state index is 14.2. The molecule has 0 saturated carbocycles. The third-order valence-corrected chi connectivity index (χ3v) is 10.5. The summed E-state index contributed by atoms with van der Waals surface area (Å²) in [5.74, 6) is -4.15. The van der Waals surface area contributed by atoms with Crippen molar-refractivity contribution in [1.82, 2.24) is 0 Å². The molecule has 2 aliphatic heterocycles. The van der Waals surface area contributed by atoms with Crippen LogP contribution in [0.25, 0.3) is 0 Å². The van der Waals surface area contributed by atoms with E-state index in [1.165, 1.54) is 28.1 Å². The smallest absolute Gasteiger partial charge is 0.341 e.